The van der Waals surface area contributed by atoms with Crippen molar-refractivity contribution in [1.29, 1.82) is 0 Å². The highest BCUT2D eigenvalue weighted by Crippen LogP contribution is 2.12. The number of Topliss-reactive ketones (excluding diaryl/α,β-unsaturated/α-hetero) is 1. The van der Waals surface area contributed by atoms with Crippen molar-refractivity contribution in [3.8, 4) is 0 Å². The molecule has 21 heavy (non-hydrogen) atoms. The zero-order valence-electron chi connectivity index (χ0n) is 13.2. The number of aldehydes is 1. The summed E-state index contributed by atoms with van der Waals surface area (Å²) in [5, 5.41) is 12.4. The molecule has 1 rings (SSSR count). The summed E-state index contributed by atoms with van der Waals surface area (Å²) in [5.41, 5.74) is 6.41. The van der Waals surface area contributed by atoms with Crippen LogP contribution < -0.4 is 11.1 Å². The van der Waals surface area contributed by atoms with E-state index >= 15 is 0 Å². The minimum atomic E-state index is -0.468. The normalized spacial score (nSPS) is 12.0. The van der Waals surface area contributed by atoms with Gasteiger partial charge in [-0.1, -0.05) is 6.92 Å². The predicted molar refractivity (Wildman–Crippen MR) is 85.3 cm³/mol. The Kier molecular flexibility index (Phi) is 8.50. The van der Waals surface area contributed by atoms with Gasteiger partial charge < -0.3 is 15.6 Å². The molecule has 118 valence electrons. The molecule has 0 bridgehead atoms. The molecule has 0 aliphatic rings. The fraction of sp³-hybridized carbons (Fsp3) is 0.500. The van der Waals surface area contributed by atoms with E-state index in [-0.39, 0.29) is 18.4 Å². The number of benzene rings is 1. The van der Waals surface area contributed by atoms with Crippen molar-refractivity contribution < 1.29 is 14.7 Å². The van der Waals surface area contributed by atoms with Crippen LogP contribution in [0.5, 0.6) is 0 Å². The number of carbonyl (C=O) groups excluding carboxylic acids is 2. The molecule has 1 unspecified atom stereocenters. The zero-order valence-corrected chi connectivity index (χ0v) is 13.2. The van der Waals surface area contributed by atoms with E-state index in [1.165, 1.54) is 6.92 Å². The molecule has 5 nitrogen and oxygen atoms in total. The smallest absolute Gasteiger partial charge is 0.179 e. The van der Waals surface area contributed by atoms with Gasteiger partial charge in [0.05, 0.1) is 12.6 Å². The first-order chi connectivity index (χ1) is 9.81. The maximum absolute atomic E-state index is 12.3. The molecule has 0 saturated heterocycles. The Bertz CT molecular complexity index is 441. The van der Waals surface area contributed by atoms with Gasteiger partial charge in [0, 0.05) is 16.8 Å². The largest absolute Gasteiger partial charge is 0.399 e. The van der Waals surface area contributed by atoms with Crippen molar-refractivity contribution in [2.24, 2.45) is 0 Å². The number of aliphatic hydroxyl groups excluding tert-OH is 1. The highest BCUT2D eigenvalue weighted by Gasteiger charge is 2.25. The molecule has 0 spiro atoms. The second-order valence-corrected chi connectivity index (χ2v) is 5.37. The van der Waals surface area contributed by atoms with E-state index in [1.807, 2.05) is 20.8 Å². The predicted octanol–water partition coefficient (Wildman–Crippen LogP) is 1.80. The molecule has 0 aromatic heterocycles. The maximum Gasteiger partial charge on any atom is 0.179 e. The van der Waals surface area contributed by atoms with Crippen molar-refractivity contribution in [1.82, 2.24) is 5.32 Å². The summed E-state index contributed by atoms with van der Waals surface area (Å²) in [7, 11) is 0. The molecule has 1 aromatic carbocycles. The molecule has 0 amide bonds. The third-order valence-corrected chi connectivity index (χ3v) is 2.88. The topological polar surface area (TPSA) is 92.4 Å². The number of hydrogen-bond donors (Lipinski definition) is 3. The van der Waals surface area contributed by atoms with Crippen molar-refractivity contribution in [2.75, 3.05) is 12.3 Å². The number of nitrogens with one attached hydrogen (secondary N) is 1. The van der Waals surface area contributed by atoms with Crippen LogP contribution in [0.1, 0.15) is 44.5 Å². The van der Waals surface area contributed by atoms with Crippen LogP contribution in [0.4, 0.5) is 5.69 Å². The minimum Gasteiger partial charge on any atom is -0.399 e. The Morgan fingerprint density at radius 1 is 1.38 bits per heavy atom. The van der Waals surface area contributed by atoms with Crippen LogP contribution in [0.2, 0.25) is 0 Å². The van der Waals surface area contributed by atoms with Gasteiger partial charge in [0.1, 0.15) is 6.29 Å². The number of ketones is 1. The Balaban J connectivity index is 0.00000122. The number of carbonyl (C=O) groups is 2. The van der Waals surface area contributed by atoms with E-state index in [0.29, 0.717) is 17.7 Å². The van der Waals surface area contributed by atoms with Crippen LogP contribution in [-0.2, 0) is 4.79 Å². The molecule has 0 fully saturated rings. The molecule has 0 aliphatic heterocycles. The van der Waals surface area contributed by atoms with Crippen LogP contribution in [0.3, 0.4) is 0 Å². The summed E-state index contributed by atoms with van der Waals surface area (Å²) in [4.78, 5) is 21.1. The molecule has 5 heteroatoms. The third-order valence-electron chi connectivity index (χ3n) is 2.88. The lowest BCUT2D eigenvalue weighted by atomic mass is 9.98. The Hall–Kier alpha value is -1.72. The van der Waals surface area contributed by atoms with Gasteiger partial charge in [0.2, 0.25) is 0 Å². The lowest BCUT2D eigenvalue weighted by Gasteiger charge is -2.29. The summed E-state index contributed by atoms with van der Waals surface area (Å²) in [6, 6.07) is 6.60. The number of aliphatic hydroxyl groups is 1. The summed E-state index contributed by atoms with van der Waals surface area (Å²) >= 11 is 0. The highest BCUT2D eigenvalue weighted by molar-refractivity contribution is 6.00. The quantitative estimate of drug-likeness (QED) is 0.422. The van der Waals surface area contributed by atoms with E-state index in [2.05, 4.69) is 5.32 Å². The highest BCUT2D eigenvalue weighted by atomic mass is 16.3. The molecule has 0 heterocycles. The van der Waals surface area contributed by atoms with Crippen LogP contribution in [0, 0.1) is 0 Å². The van der Waals surface area contributed by atoms with Crippen LogP contribution >= 0.6 is 0 Å². The number of rotatable bonds is 6. The lowest BCUT2D eigenvalue weighted by Crippen LogP contribution is -2.51. The zero-order chi connectivity index (χ0) is 16.5. The van der Waals surface area contributed by atoms with Gasteiger partial charge in [-0.15, -0.1) is 0 Å². The van der Waals surface area contributed by atoms with Crippen LogP contribution in [-0.4, -0.2) is 35.4 Å². The standard InChI is InChI=1S/C14H22N2O2.C2H4O/c1-4-12(16-14(2,3)9-17)13(18)10-5-7-11(15)8-6-10;1-2-3/h5-8,12,16-17H,4,9,15H2,1-3H3;2H,1H3. The monoisotopic (exact) mass is 294 g/mol. The SMILES string of the molecule is CC=O.CCC(NC(C)(C)CO)C(=O)c1ccc(N)cc1. The van der Waals surface area contributed by atoms with Gasteiger partial charge in [-0.2, -0.15) is 0 Å². The average molecular weight is 294 g/mol. The summed E-state index contributed by atoms with van der Waals surface area (Å²) in [6.45, 7) is 7.11. The fourth-order valence-corrected chi connectivity index (χ4v) is 1.72. The Morgan fingerprint density at radius 3 is 2.24 bits per heavy atom. The maximum atomic E-state index is 12.3. The van der Waals surface area contributed by atoms with E-state index < -0.39 is 5.54 Å². The van der Waals surface area contributed by atoms with E-state index in [1.54, 1.807) is 24.3 Å². The molecular weight excluding hydrogens is 268 g/mol. The van der Waals surface area contributed by atoms with Crippen molar-refractivity contribution >= 4 is 17.8 Å². The van der Waals surface area contributed by atoms with E-state index in [4.69, 9.17) is 10.5 Å². The fourth-order valence-electron chi connectivity index (χ4n) is 1.72. The first kappa shape index (κ1) is 19.3. The average Bonchev–Trinajstić information content (AvgIpc) is 2.46. The summed E-state index contributed by atoms with van der Waals surface area (Å²) < 4.78 is 0. The van der Waals surface area contributed by atoms with Crippen molar-refractivity contribution in [2.45, 2.75) is 45.7 Å². The molecular formula is C16H26N2O3. The number of anilines is 1. The molecule has 0 radical (unpaired) electrons. The van der Waals surface area contributed by atoms with Crippen molar-refractivity contribution in [3.63, 3.8) is 0 Å². The van der Waals surface area contributed by atoms with Crippen LogP contribution in [0.25, 0.3) is 0 Å². The van der Waals surface area contributed by atoms with Gasteiger partial charge in [0.15, 0.2) is 5.78 Å². The van der Waals surface area contributed by atoms with E-state index in [0.717, 1.165) is 6.29 Å². The number of nitrogen functional groups attached to an aromatic ring is 1. The van der Waals surface area contributed by atoms with Crippen molar-refractivity contribution in [3.05, 3.63) is 29.8 Å². The second-order valence-electron chi connectivity index (χ2n) is 5.37. The summed E-state index contributed by atoms with van der Waals surface area (Å²) in [5.74, 6) is 0.0269. The van der Waals surface area contributed by atoms with Gasteiger partial charge in [-0.3, -0.25) is 10.1 Å². The molecule has 1 aromatic rings. The van der Waals surface area contributed by atoms with Gasteiger partial charge in [-0.05, 0) is 51.5 Å². The molecule has 1 atom stereocenters. The van der Waals surface area contributed by atoms with Gasteiger partial charge >= 0.3 is 0 Å². The molecule has 4 N–H and O–H groups in total. The molecule has 0 saturated carbocycles. The third kappa shape index (κ3) is 7.02. The molecule has 0 aliphatic carbocycles. The van der Waals surface area contributed by atoms with E-state index in [9.17, 15) is 9.90 Å². The number of nitrogens with two attached hydrogens (primary N) is 1. The first-order valence-corrected chi connectivity index (χ1v) is 6.99. The number of hydrogen-bond acceptors (Lipinski definition) is 5. The van der Waals surface area contributed by atoms with Gasteiger partial charge in [0.25, 0.3) is 0 Å². The Labute approximate surface area is 126 Å². The Morgan fingerprint density at radius 2 is 1.86 bits per heavy atom. The van der Waals surface area contributed by atoms with Crippen LogP contribution in [0.15, 0.2) is 24.3 Å². The lowest BCUT2D eigenvalue weighted by molar-refractivity contribution is -0.106. The minimum absolute atomic E-state index is 0.0154. The second kappa shape index (κ2) is 9.26. The summed E-state index contributed by atoms with van der Waals surface area (Å²) in [6.07, 6.45) is 1.42. The first-order valence-electron chi connectivity index (χ1n) is 6.99. The van der Waals surface area contributed by atoms with Gasteiger partial charge in [-0.25, -0.2) is 0 Å².